The quantitative estimate of drug-likeness (QED) is 0.646. The lowest BCUT2D eigenvalue weighted by atomic mass is 9.92. The minimum Gasteiger partial charge on any atom is -0.493 e. The molecule has 0 saturated heterocycles. The van der Waals surface area contributed by atoms with Crippen molar-refractivity contribution in [3.05, 3.63) is 28.8 Å². The van der Waals surface area contributed by atoms with Crippen molar-refractivity contribution in [1.29, 1.82) is 5.41 Å². The van der Waals surface area contributed by atoms with Crippen LogP contribution in [-0.2, 0) is 12.8 Å². The van der Waals surface area contributed by atoms with Gasteiger partial charge in [-0.3, -0.25) is 0 Å². The van der Waals surface area contributed by atoms with E-state index in [4.69, 9.17) is 10.1 Å². The molecule has 2 nitrogen and oxygen atoms in total. The molecule has 104 valence electrons. The number of rotatable bonds is 3. The number of hydrogen-bond acceptors (Lipinski definition) is 2. The van der Waals surface area contributed by atoms with Crippen LogP contribution in [0.3, 0.4) is 0 Å². The van der Waals surface area contributed by atoms with Gasteiger partial charge in [-0.15, -0.1) is 0 Å². The van der Waals surface area contributed by atoms with Crippen molar-refractivity contribution in [3.8, 4) is 5.75 Å². The molecule has 1 aliphatic heterocycles. The van der Waals surface area contributed by atoms with E-state index in [0.717, 1.165) is 30.7 Å². The van der Waals surface area contributed by atoms with E-state index >= 15 is 0 Å². The van der Waals surface area contributed by atoms with Gasteiger partial charge in [-0.2, -0.15) is 0 Å². The van der Waals surface area contributed by atoms with Crippen LogP contribution < -0.4 is 4.74 Å². The number of benzene rings is 1. The summed E-state index contributed by atoms with van der Waals surface area (Å²) < 4.78 is 5.65. The lowest BCUT2D eigenvalue weighted by molar-refractivity contribution is 0.357. The van der Waals surface area contributed by atoms with Crippen LogP contribution >= 0.6 is 8.58 Å². The topological polar surface area (TPSA) is 33.1 Å². The van der Waals surface area contributed by atoms with Crippen LogP contribution in [-0.4, -0.2) is 18.7 Å². The van der Waals surface area contributed by atoms with Crippen LogP contribution in [0.2, 0.25) is 0 Å². The zero-order valence-electron chi connectivity index (χ0n) is 12.2. The van der Waals surface area contributed by atoms with Crippen molar-refractivity contribution in [2.24, 2.45) is 0 Å². The van der Waals surface area contributed by atoms with E-state index in [1.54, 1.807) is 0 Å². The van der Waals surface area contributed by atoms with Crippen molar-refractivity contribution in [1.82, 2.24) is 0 Å². The Morgan fingerprint density at radius 3 is 2.89 bits per heavy atom. The molecule has 0 saturated carbocycles. The van der Waals surface area contributed by atoms with Gasteiger partial charge in [-0.25, -0.2) is 0 Å². The molecule has 0 fully saturated rings. The maximum Gasteiger partial charge on any atom is 0.122 e. The summed E-state index contributed by atoms with van der Waals surface area (Å²) >= 11 is 0. The second-order valence-electron chi connectivity index (χ2n) is 4.88. The molecule has 1 unspecified atom stereocenters. The van der Waals surface area contributed by atoms with E-state index in [1.165, 1.54) is 29.5 Å². The van der Waals surface area contributed by atoms with Crippen molar-refractivity contribution < 1.29 is 4.74 Å². The Hall–Kier alpha value is -0.880. The van der Waals surface area contributed by atoms with Gasteiger partial charge in [0.15, 0.2) is 0 Å². The van der Waals surface area contributed by atoms with Crippen molar-refractivity contribution in [2.75, 3.05) is 13.3 Å². The standard InChI is InChI=1S/C14H18NOP.C2H6/c1-17-13(15)8-10-3-2-9-4-5-12-11(14(9)10)6-7-16-12;1-2/h4-5,10,15,17H,2-3,6-8H2,1H3;1-2H3/t10-;/m0./s1. The molecule has 0 spiro atoms. The van der Waals surface area contributed by atoms with Crippen molar-refractivity contribution in [2.45, 2.75) is 45.4 Å². The van der Waals surface area contributed by atoms with Crippen LogP contribution in [0.5, 0.6) is 5.75 Å². The van der Waals surface area contributed by atoms with Crippen LogP contribution in [0.25, 0.3) is 0 Å². The van der Waals surface area contributed by atoms with E-state index in [-0.39, 0.29) is 0 Å². The summed E-state index contributed by atoms with van der Waals surface area (Å²) in [5.41, 5.74) is 5.39. The summed E-state index contributed by atoms with van der Waals surface area (Å²) in [4.78, 5) is 0. The third-order valence-electron chi connectivity index (χ3n) is 3.94. The highest BCUT2D eigenvalue weighted by atomic mass is 31.1. The average molecular weight is 277 g/mol. The van der Waals surface area contributed by atoms with Gasteiger partial charge in [0.1, 0.15) is 5.75 Å². The molecule has 1 heterocycles. The highest BCUT2D eigenvalue weighted by Gasteiger charge is 2.29. The highest BCUT2D eigenvalue weighted by molar-refractivity contribution is 7.57. The number of nitrogens with one attached hydrogen (secondary N) is 1. The first-order valence-corrected chi connectivity index (χ1v) is 8.82. The zero-order valence-corrected chi connectivity index (χ0v) is 13.2. The van der Waals surface area contributed by atoms with E-state index in [9.17, 15) is 0 Å². The Morgan fingerprint density at radius 2 is 2.16 bits per heavy atom. The molecule has 1 N–H and O–H groups in total. The van der Waals surface area contributed by atoms with E-state index in [1.807, 2.05) is 13.8 Å². The Kier molecular flexibility index (Phi) is 4.99. The Morgan fingerprint density at radius 1 is 1.37 bits per heavy atom. The van der Waals surface area contributed by atoms with Crippen LogP contribution in [0.1, 0.15) is 49.3 Å². The fourth-order valence-corrected chi connectivity index (χ4v) is 3.55. The lowest BCUT2D eigenvalue weighted by Gasteiger charge is -2.14. The van der Waals surface area contributed by atoms with Gasteiger partial charge in [-0.1, -0.05) is 28.5 Å². The number of fused-ring (bicyclic) bond motifs is 3. The second-order valence-corrected chi connectivity index (χ2v) is 5.99. The summed E-state index contributed by atoms with van der Waals surface area (Å²) in [7, 11) is 0.658. The molecule has 19 heavy (non-hydrogen) atoms. The maximum atomic E-state index is 7.92. The van der Waals surface area contributed by atoms with Crippen LogP contribution in [0.4, 0.5) is 0 Å². The van der Waals surface area contributed by atoms with Gasteiger partial charge in [0.25, 0.3) is 0 Å². The van der Waals surface area contributed by atoms with Gasteiger partial charge in [0, 0.05) is 17.4 Å². The molecule has 2 atom stereocenters. The molecule has 0 radical (unpaired) electrons. The van der Waals surface area contributed by atoms with Crippen LogP contribution in [0, 0.1) is 5.41 Å². The number of hydrogen-bond donors (Lipinski definition) is 1. The molecule has 1 aliphatic carbocycles. The Labute approximate surface area is 118 Å². The molecular weight excluding hydrogens is 253 g/mol. The summed E-state index contributed by atoms with van der Waals surface area (Å²) in [6, 6.07) is 4.37. The predicted molar refractivity (Wildman–Crippen MR) is 84.6 cm³/mol. The third-order valence-corrected chi connectivity index (χ3v) is 4.74. The molecule has 1 aromatic rings. The van der Waals surface area contributed by atoms with Crippen molar-refractivity contribution >= 4 is 14.0 Å². The normalized spacial score (nSPS) is 19.6. The van der Waals surface area contributed by atoms with E-state index in [0.29, 0.717) is 14.5 Å². The van der Waals surface area contributed by atoms with E-state index < -0.39 is 0 Å². The first-order valence-electron chi connectivity index (χ1n) is 7.32. The molecule has 0 amide bonds. The summed E-state index contributed by atoms with van der Waals surface area (Å²) in [5.74, 6) is 1.68. The molecular formula is C16H24NOP. The fourth-order valence-electron chi connectivity index (χ4n) is 3.10. The maximum absolute atomic E-state index is 7.92. The number of ether oxygens (including phenoxy) is 1. The highest BCUT2D eigenvalue weighted by Crippen LogP contribution is 2.43. The van der Waals surface area contributed by atoms with E-state index in [2.05, 4.69) is 18.8 Å². The van der Waals surface area contributed by atoms with Gasteiger partial charge in [-0.05, 0) is 49.0 Å². The third kappa shape index (κ3) is 2.84. The molecule has 2 aliphatic rings. The number of aryl methyl sites for hydroxylation is 1. The summed E-state index contributed by atoms with van der Waals surface area (Å²) in [6.07, 6.45) is 4.43. The zero-order chi connectivity index (χ0) is 13.8. The smallest absolute Gasteiger partial charge is 0.122 e. The SMILES string of the molecule is CC.CPC(=N)C[C@@H]1CCc2ccc3c(c21)CCO3. The largest absolute Gasteiger partial charge is 0.493 e. The molecule has 3 heteroatoms. The minimum atomic E-state index is 0.585. The Balaban J connectivity index is 0.000000637. The molecule has 0 aromatic heterocycles. The first-order chi connectivity index (χ1) is 9.29. The average Bonchev–Trinajstić information content (AvgIpc) is 3.06. The Bertz CT molecular complexity index is 470. The summed E-state index contributed by atoms with van der Waals surface area (Å²) in [5, 5.41) is 7.92. The second kappa shape index (κ2) is 6.52. The molecule has 1 aromatic carbocycles. The van der Waals surface area contributed by atoms with Crippen LogP contribution in [0.15, 0.2) is 12.1 Å². The van der Waals surface area contributed by atoms with Crippen molar-refractivity contribution in [3.63, 3.8) is 0 Å². The fraction of sp³-hybridized carbons (Fsp3) is 0.562. The molecule has 0 bridgehead atoms. The first kappa shape index (κ1) is 14.5. The monoisotopic (exact) mass is 277 g/mol. The molecule has 3 rings (SSSR count). The van der Waals surface area contributed by atoms with Gasteiger partial charge < -0.3 is 10.1 Å². The van der Waals surface area contributed by atoms with Gasteiger partial charge in [0.05, 0.1) is 6.61 Å². The summed E-state index contributed by atoms with van der Waals surface area (Å²) in [6.45, 7) is 6.95. The van der Waals surface area contributed by atoms with Gasteiger partial charge >= 0.3 is 0 Å². The minimum absolute atomic E-state index is 0.585. The predicted octanol–water partition coefficient (Wildman–Crippen LogP) is 4.35. The van der Waals surface area contributed by atoms with Gasteiger partial charge in [0.2, 0.25) is 0 Å². The lowest BCUT2D eigenvalue weighted by Crippen LogP contribution is -2.02.